The van der Waals surface area contributed by atoms with Crippen molar-refractivity contribution < 1.29 is 14.3 Å². The Balaban J connectivity index is 1.78. The Morgan fingerprint density at radius 2 is 1.75 bits per heavy atom. The van der Waals surface area contributed by atoms with E-state index in [2.05, 4.69) is 15.6 Å². The highest BCUT2D eigenvalue weighted by Gasteiger charge is 2.11. The van der Waals surface area contributed by atoms with Crippen LogP contribution in [0.2, 0.25) is 5.02 Å². The summed E-state index contributed by atoms with van der Waals surface area (Å²) in [5.41, 5.74) is 3.49. The number of methoxy groups -OCH3 is 2. The fraction of sp³-hybridized carbons (Fsp3) is 0.143. The van der Waals surface area contributed by atoms with Crippen molar-refractivity contribution in [2.24, 2.45) is 0 Å². The minimum Gasteiger partial charge on any atom is -0.493 e. The number of amides is 1. The number of aryl methyl sites for hydroxylation is 1. The molecule has 1 heterocycles. The number of aromatic nitrogens is 1. The van der Waals surface area contributed by atoms with Crippen molar-refractivity contribution in [3.05, 3.63) is 71.0 Å². The van der Waals surface area contributed by atoms with Crippen molar-refractivity contribution in [3.63, 3.8) is 0 Å². The van der Waals surface area contributed by atoms with E-state index < -0.39 is 0 Å². The predicted octanol–water partition coefficient (Wildman–Crippen LogP) is 5.06. The second kappa shape index (κ2) is 8.63. The minimum absolute atomic E-state index is 0.277. The first kappa shape index (κ1) is 19.5. The molecule has 0 bridgehead atoms. The largest absolute Gasteiger partial charge is 0.493 e. The average Bonchev–Trinajstić information content (AvgIpc) is 2.70. The molecule has 3 rings (SSSR count). The van der Waals surface area contributed by atoms with Gasteiger partial charge in [-0.25, -0.2) is 0 Å². The summed E-state index contributed by atoms with van der Waals surface area (Å²) in [6, 6.07) is 14.2. The van der Waals surface area contributed by atoms with E-state index in [1.165, 1.54) is 7.11 Å². The quantitative estimate of drug-likeness (QED) is 0.608. The lowest BCUT2D eigenvalue weighted by molar-refractivity contribution is 0.102. The first-order valence-electron chi connectivity index (χ1n) is 8.53. The Hall–Kier alpha value is -3.25. The van der Waals surface area contributed by atoms with Crippen LogP contribution < -0.4 is 20.1 Å². The molecule has 0 aliphatic carbocycles. The summed E-state index contributed by atoms with van der Waals surface area (Å²) >= 11 is 6.07. The minimum atomic E-state index is -0.335. The fourth-order valence-electron chi connectivity index (χ4n) is 2.63. The van der Waals surface area contributed by atoms with E-state index in [1.807, 2.05) is 25.1 Å². The first-order valence-corrected chi connectivity index (χ1v) is 8.90. The number of ether oxygens (including phenoxy) is 2. The van der Waals surface area contributed by atoms with Crippen molar-refractivity contribution >= 4 is 34.6 Å². The van der Waals surface area contributed by atoms with E-state index in [0.717, 1.165) is 16.9 Å². The third kappa shape index (κ3) is 4.53. The summed E-state index contributed by atoms with van der Waals surface area (Å²) in [5.74, 6) is 0.778. The van der Waals surface area contributed by atoms with Gasteiger partial charge in [0.25, 0.3) is 5.91 Å². The number of hydrogen-bond acceptors (Lipinski definition) is 5. The van der Waals surface area contributed by atoms with Gasteiger partial charge in [0.05, 0.1) is 14.2 Å². The summed E-state index contributed by atoms with van der Waals surface area (Å²) < 4.78 is 10.5. The smallest absolute Gasteiger partial charge is 0.274 e. The van der Waals surface area contributed by atoms with Crippen molar-refractivity contribution in [2.75, 3.05) is 24.9 Å². The lowest BCUT2D eigenvalue weighted by Gasteiger charge is -2.12. The number of halogens is 1. The molecule has 28 heavy (non-hydrogen) atoms. The van der Waals surface area contributed by atoms with Gasteiger partial charge >= 0.3 is 0 Å². The van der Waals surface area contributed by atoms with Gasteiger partial charge in [-0.2, -0.15) is 0 Å². The van der Waals surface area contributed by atoms with E-state index in [-0.39, 0.29) is 11.6 Å². The molecule has 7 heteroatoms. The molecular weight excluding hydrogens is 378 g/mol. The van der Waals surface area contributed by atoms with Gasteiger partial charge in [0.2, 0.25) is 0 Å². The molecule has 6 nitrogen and oxygen atoms in total. The van der Waals surface area contributed by atoms with Crippen LogP contribution in [0.1, 0.15) is 16.1 Å². The second-order valence-corrected chi connectivity index (χ2v) is 6.47. The molecular formula is C21H20ClN3O3. The highest BCUT2D eigenvalue weighted by molar-refractivity contribution is 6.30. The average molecular weight is 398 g/mol. The summed E-state index contributed by atoms with van der Waals surface area (Å²) in [6.45, 7) is 1.98. The molecule has 0 radical (unpaired) electrons. The molecule has 0 saturated carbocycles. The Kier molecular flexibility index (Phi) is 6.01. The SMILES string of the molecule is COc1ccc(NC(=O)c2cc(Nc3cc(Cl)ccc3C)ccn2)cc1OC. The highest BCUT2D eigenvalue weighted by Crippen LogP contribution is 2.30. The fourth-order valence-corrected chi connectivity index (χ4v) is 2.80. The van der Waals surface area contributed by atoms with Crippen LogP contribution in [0.25, 0.3) is 0 Å². The molecule has 2 aromatic carbocycles. The van der Waals surface area contributed by atoms with Crippen molar-refractivity contribution in [3.8, 4) is 11.5 Å². The molecule has 1 aromatic heterocycles. The number of carbonyl (C=O) groups is 1. The maximum Gasteiger partial charge on any atom is 0.274 e. The molecule has 2 N–H and O–H groups in total. The third-order valence-electron chi connectivity index (χ3n) is 4.11. The van der Waals surface area contributed by atoms with Gasteiger partial charge < -0.3 is 20.1 Å². The zero-order valence-electron chi connectivity index (χ0n) is 15.7. The van der Waals surface area contributed by atoms with Gasteiger partial charge in [0.15, 0.2) is 11.5 Å². The molecule has 0 saturated heterocycles. The number of hydrogen-bond donors (Lipinski definition) is 2. The Labute approximate surface area is 168 Å². The van der Waals surface area contributed by atoms with E-state index in [4.69, 9.17) is 21.1 Å². The number of nitrogens with one attached hydrogen (secondary N) is 2. The molecule has 1 amide bonds. The number of rotatable bonds is 6. The normalized spacial score (nSPS) is 10.3. The van der Waals surface area contributed by atoms with Crippen LogP contribution >= 0.6 is 11.6 Å². The summed E-state index contributed by atoms with van der Waals surface area (Å²) in [7, 11) is 3.10. The molecule has 0 unspecified atom stereocenters. The van der Waals surface area contributed by atoms with Gasteiger partial charge in [0, 0.05) is 34.3 Å². The third-order valence-corrected chi connectivity index (χ3v) is 4.35. The monoisotopic (exact) mass is 397 g/mol. The summed E-state index contributed by atoms with van der Waals surface area (Å²) in [4.78, 5) is 16.8. The molecule has 0 spiro atoms. The zero-order valence-corrected chi connectivity index (χ0v) is 16.5. The number of anilines is 3. The van der Waals surface area contributed by atoms with Gasteiger partial charge in [-0.05, 0) is 48.9 Å². The van der Waals surface area contributed by atoms with Crippen LogP contribution in [0.5, 0.6) is 11.5 Å². The van der Waals surface area contributed by atoms with Crippen molar-refractivity contribution in [1.29, 1.82) is 0 Å². The number of carbonyl (C=O) groups excluding carboxylic acids is 1. The predicted molar refractivity (Wildman–Crippen MR) is 111 cm³/mol. The molecule has 3 aromatic rings. The molecule has 0 aliphatic rings. The first-order chi connectivity index (χ1) is 13.5. The summed E-state index contributed by atoms with van der Waals surface area (Å²) in [5, 5.41) is 6.71. The van der Waals surface area contributed by atoms with Gasteiger partial charge in [-0.3, -0.25) is 9.78 Å². The summed E-state index contributed by atoms with van der Waals surface area (Å²) in [6.07, 6.45) is 1.58. The second-order valence-electron chi connectivity index (χ2n) is 6.04. The lowest BCUT2D eigenvalue weighted by atomic mass is 10.2. The van der Waals surface area contributed by atoms with Gasteiger partial charge in [-0.15, -0.1) is 0 Å². The number of benzene rings is 2. The van der Waals surface area contributed by atoms with E-state index >= 15 is 0 Å². The van der Waals surface area contributed by atoms with Crippen LogP contribution in [-0.4, -0.2) is 25.1 Å². The van der Waals surface area contributed by atoms with Gasteiger partial charge in [0.1, 0.15) is 5.69 Å². The van der Waals surface area contributed by atoms with E-state index in [0.29, 0.717) is 22.2 Å². The van der Waals surface area contributed by atoms with Crippen LogP contribution in [-0.2, 0) is 0 Å². The van der Waals surface area contributed by atoms with E-state index in [9.17, 15) is 4.79 Å². The number of nitrogens with zero attached hydrogens (tertiary/aromatic N) is 1. The topological polar surface area (TPSA) is 72.5 Å². The standard InChI is InChI=1S/C21H20ClN3O3/c1-13-4-5-14(22)10-17(13)24-16-8-9-23-18(11-16)21(26)25-15-6-7-19(27-2)20(12-15)28-3/h4-12H,1-3H3,(H,23,24)(H,25,26). The van der Waals surface area contributed by atoms with Crippen LogP contribution in [0.4, 0.5) is 17.1 Å². The van der Waals surface area contributed by atoms with E-state index in [1.54, 1.807) is 43.6 Å². The van der Waals surface area contributed by atoms with Crippen LogP contribution in [0, 0.1) is 6.92 Å². The highest BCUT2D eigenvalue weighted by atomic mass is 35.5. The van der Waals surface area contributed by atoms with Crippen LogP contribution in [0.3, 0.4) is 0 Å². The molecule has 0 aliphatic heterocycles. The maximum atomic E-state index is 12.6. The maximum absolute atomic E-state index is 12.6. The zero-order chi connectivity index (χ0) is 20.1. The lowest BCUT2D eigenvalue weighted by Crippen LogP contribution is -2.14. The molecule has 0 atom stereocenters. The Morgan fingerprint density at radius 3 is 2.50 bits per heavy atom. The molecule has 0 fully saturated rings. The van der Waals surface area contributed by atoms with Crippen LogP contribution in [0.15, 0.2) is 54.7 Å². The Bertz CT molecular complexity index is 1010. The molecule has 144 valence electrons. The van der Waals surface area contributed by atoms with Crippen molar-refractivity contribution in [1.82, 2.24) is 4.98 Å². The number of pyridine rings is 1. The Morgan fingerprint density at radius 1 is 0.964 bits per heavy atom. The van der Waals surface area contributed by atoms with Crippen molar-refractivity contribution in [2.45, 2.75) is 6.92 Å². The van der Waals surface area contributed by atoms with Gasteiger partial charge in [-0.1, -0.05) is 17.7 Å².